The maximum atomic E-state index is 12.2. The Bertz CT molecular complexity index is 791. The number of nitrogen functional groups attached to an aromatic ring is 1. The van der Waals surface area contributed by atoms with E-state index < -0.39 is 26.5 Å². The number of rotatable bonds is 4. The molecule has 1 aromatic carbocycles. The summed E-state index contributed by atoms with van der Waals surface area (Å²) in [6.07, 6.45) is 1.26. The van der Waals surface area contributed by atoms with Crippen molar-refractivity contribution in [1.29, 1.82) is 0 Å². The van der Waals surface area contributed by atoms with Gasteiger partial charge in [0.05, 0.1) is 10.6 Å². The average Bonchev–Trinajstić information content (AvgIpc) is 2.40. The first-order chi connectivity index (χ1) is 9.79. The number of hydrogen-bond donors (Lipinski definition) is 3. The van der Waals surface area contributed by atoms with E-state index in [4.69, 9.17) is 22.4 Å². The van der Waals surface area contributed by atoms with Crippen molar-refractivity contribution >= 4 is 39.1 Å². The van der Waals surface area contributed by atoms with Crippen LogP contribution in [0.5, 0.6) is 0 Å². The fourth-order valence-electron chi connectivity index (χ4n) is 1.58. The first-order valence-electron chi connectivity index (χ1n) is 5.57. The van der Waals surface area contributed by atoms with Crippen LogP contribution in [-0.4, -0.2) is 24.5 Å². The third-order valence-corrected chi connectivity index (χ3v) is 4.13. The van der Waals surface area contributed by atoms with Crippen LogP contribution in [-0.2, 0) is 10.0 Å². The van der Waals surface area contributed by atoms with Crippen LogP contribution in [0.2, 0.25) is 5.02 Å². The summed E-state index contributed by atoms with van der Waals surface area (Å²) in [4.78, 5) is 14.5. The minimum absolute atomic E-state index is 0.0209. The molecule has 7 nitrogen and oxygen atoms in total. The molecule has 0 radical (unpaired) electrons. The molecule has 110 valence electrons. The first kappa shape index (κ1) is 15.1. The van der Waals surface area contributed by atoms with E-state index in [0.717, 1.165) is 12.1 Å². The van der Waals surface area contributed by atoms with Gasteiger partial charge in [0.2, 0.25) is 0 Å². The number of halogens is 1. The van der Waals surface area contributed by atoms with Crippen LogP contribution < -0.4 is 10.5 Å². The van der Waals surface area contributed by atoms with Gasteiger partial charge in [-0.2, -0.15) is 0 Å². The van der Waals surface area contributed by atoms with E-state index in [-0.39, 0.29) is 11.5 Å². The molecule has 2 rings (SSSR count). The van der Waals surface area contributed by atoms with Crippen molar-refractivity contribution in [2.45, 2.75) is 4.90 Å². The number of pyridine rings is 1. The molecule has 1 aromatic heterocycles. The number of nitrogens with zero attached hydrogens (tertiary/aromatic N) is 1. The van der Waals surface area contributed by atoms with Gasteiger partial charge in [-0.3, -0.25) is 4.72 Å². The summed E-state index contributed by atoms with van der Waals surface area (Å²) in [6, 6.07) is 6.31. The summed E-state index contributed by atoms with van der Waals surface area (Å²) in [5.41, 5.74) is 5.20. The molecule has 0 spiro atoms. The van der Waals surface area contributed by atoms with Gasteiger partial charge < -0.3 is 10.8 Å². The van der Waals surface area contributed by atoms with E-state index in [1.165, 1.54) is 24.4 Å². The van der Waals surface area contributed by atoms with E-state index in [0.29, 0.717) is 5.02 Å². The molecular weight excluding hydrogens is 318 g/mol. The van der Waals surface area contributed by atoms with Crippen molar-refractivity contribution in [3.05, 3.63) is 47.1 Å². The fourth-order valence-corrected chi connectivity index (χ4v) is 2.88. The molecule has 9 heteroatoms. The van der Waals surface area contributed by atoms with Gasteiger partial charge in [0, 0.05) is 11.9 Å². The highest BCUT2D eigenvalue weighted by Crippen LogP contribution is 2.21. The number of nitrogens with one attached hydrogen (secondary N) is 1. The maximum absolute atomic E-state index is 12.2. The lowest BCUT2D eigenvalue weighted by molar-refractivity contribution is 0.0692. The van der Waals surface area contributed by atoms with Crippen LogP contribution in [0.25, 0.3) is 0 Å². The highest BCUT2D eigenvalue weighted by molar-refractivity contribution is 7.92. The number of nitrogens with two attached hydrogens (primary N) is 1. The summed E-state index contributed by atoms with van der Waals surface area (Å²) in [5.74, 6) is -1.38. The predicted octanol–water partition coefficient (Wildman–Crippen LogP) is 1.82. The number of benzene rings is 1. The van der Waals surface area contributed by atoms with E-state index >= 15 is 0 Å². The molecule has 0 fully saturated rings. The molecule has 0 saturated heterocycles. The molecule has 2 aromatic rings. The topological polar surface area (TPSA) is 122 Å². The van der Waals surface area contributed by atoms with Crippen LogP contribution in [0, 0.1) is 0 Å². The van der Waals surface area contributed by atoms with Gasteiger partial charge in [0.1, 0.15) is 10.7 Å². The standard InChI is InChI=1S/C12H10ClN3O4S/c13-7-1-4-11(15-6-7)16-21(19,20)10-3-2-8(14)5-9(10)12(17)18/h1-6H,14H2,(H,15,16)(H,17,18). The zero-order chi connectivity index (χ0) is 15.6. The van der Waals surface area contributed by atoms with E-state index in [1.54, 1.807) is 0 Å². The Hall–Kier alpha value is -2.32. The van der Waals surface area contributed by atoms with Gasteiger partial charge in [0.25, 0.3) is 10.0 Å². The summed E-state index contributed by atoms with van der Waals surface area (Å²) in [7, 11) is -4.11. The van der Waals surface area contributed by atoms with Crippen molar-refractivity contribution < 1.29 is 18.3 Å². The van der Waals surface area contributed by atoms with E-state index in [2.05, 4.69) is 9.71 Å². The molecule has 0 amide bonds. The largest absolute Gasteiger partial charge is 0.478 e. The number of sulfonamides is 1. The van der Waals surface area contributed by atoms with Gasteiger partial charge in [-0.25, -0.2) is 18.2 Å². The number of carbonyl (C=O) groups is 1. The Kier molecular flexibility index (Phi) is 4.01. The van der Waals surface area contributed by atoms with Crippen LogP contribution in [0.15, 0.2) is 41.4 Å². The molecule has 0 atom stereocenters. The number of aromatic nitrogens is 1. The molecule has 0 aliphatic carbocycles. The number of aromatic carboxylic acids is 1. The minimum Gasteiger partial charge on any atom is -0.478 e. The highest BCUT2D eigenvalue weighted by atomic mass is 35.5. The molecule has 0 bridgehead atoms. The van der Waals surface area contributed by atoms with Crippen molar-refractivity contribution in [1.82, 2.24) is 4.98 Å². The van der Waals surface area contributed by atoms with Gasteiger partial charge in [-0.05, 0) is 30.3 Å². The third-order valence-electron chi connectivity index (χ3n) is 2.49. The Morgan fingerprint density at radius 2 is 2.00 bits per heavy atom. The van der Waals surface area contributed by atoms with Gasteiger partial charge in [-0.15, -0.1) is 0 Å². The van der Waals surface area contributed by atoms with Crippen molar-refractivity contribution in [2.75, 3.05) is 10.5 Å². The molecule has 0 aliphatic heterocycles. The summed E-state index contributed by atoms with van der Waals surface area (Å²) >= 11 is 5.65. The second-order valence-corrected chi connectivity index (χ2v) is 6.12. The van der Waals surface area contributed by atoms with E-state index in [9.17, 15) is 13.2 Å². The van der Waals surface area contributed by atoms with Crippen LogP contribution in [0.3, 0.4) is 0 Å². The maximum Gasteiger partial charge on any atom is 0.337 e. The summed E-state index contributed by atoms with van der Waals surface area (Å²) < 4.78 is 26.6. The summed E-state index contributed by atoms with van der Waals surface area (Å²) in [6.45, 7) is 0. The smallest absolute Gasteiger partial charge is 0.337 e. The van der Waals surface area contributed by atoms with Gasteiger partial charge >= 0.3 is 5.97 Å². The molecule has 1 heterocycles. The Labute approximate surface area is 125 Å². The van der Waals surface area contributed by atoms with Gasteiger partial charge in [-0.1, -0.05) is 11.6 Å². The molecule has 0 unspecified atom stereocenters. The first-order valence-corrected chi connectivity index (χ1v) is 7.43. The number of hydrogen-bond acceptors (Lipinski definition) is 5. The van der Waals surface area contributed by atoms with Crippen LogP contribution in [0.1, 0.15) is 10.4 Å². The fraction of sp³-hybridized carbons (Fsp3) is 0. The highest BCUT2D eigenvalue weighted by Gasteiger charge is 2.23. The van der Waals surface area contributed by atoms with Crippen molar-refractivity contribution in [2.24, 2.45) is 0 Å². The molecule has 0 aliphatic rings. The molecule has 0 saturated carbocycles. The third kappa shape index (κ3) is 3.41. The second kappa shape index (κ2) is 5.58. The average molecular weight is 328 g/mol. The zero-order valence-corrected chi connectivity index (χ0v) is 12.0. The Morgan fingerprint density at radius 1 is 1.29 bits per heavy atom. The number of carboxylic acids is 1. The minimum atomic E-state index is -4.11. The lowest BCUT2D eigenvalue weighted by atomic mass is 10.2. The monoisotopic (exact) mass is 327 g/mol. The van der Waals surface area contributed by atoms with Crippen LogP contribution in [0.4, 0.5) is 11.5 Å². The molecule has 21 heavy (non-hydrogen) atoms. The SMILES string of the molecule is Nc1ccc(S(=O)(=O)Nc2ccc(Cl)cn2)c(C(=O)O)c1. The number of carboxylic acid groups (broad SMARTS) is 1. The van der Waals surface area contributed by atoms with E-state index in [1.807, 2.05) is 0 Å². The lowest BCUT2D eigenvalue weighted by Gasteiger charge is -2.10. The lowest BCUT2D eigenvalue weighted by Crippen LogP contribution is -2.17. The van der Waals surface area contributed by atoms with Crippen molar-refractivity contribution in [3.63, 3.8) is 0 Å². The summed E-state index contributed by atoms with van der Waals surface area (Å²) in [5, 5.41) is 9.42. The van der Waals surface area contributed by atoms with Crippen molar-refractivity contribution in [3.8, 4) is 0 Å². The normalized spacial score (nSPS) is 11.1. The Morgan fingerprint density at radius 3 is 2.57 bits per heavy atom. The molecule has 4 N–H and O–H groups in total. The zero-order valence-electron chi connectivity index (χ0n) is 10.4. The number of anilines is 2. The Balaban J connectivity index is 2.44. The van der Waals surface area contributed by atoms with Crippen LogP contribution >= 0.6 is 11.6 Å². The molecular formula is C12H10ClN3O4S. The quantitative estimate of drug-likeness (QED) is 0.736. The predicted molar refractivity (Wildman–Crippen MR) is 77.9 cm³/mol. The van der Waals surface area contributed by atoms with Gasteiger partial charge in [0.15, 0.2) is 0 Å². The second-order valence-electron chi connectivity index (χ2n) is 4.03.